The lowest BCUT2D eigenvalue weighted by Crippen LogP contribution is -2.12. The Morgan fingerprint density at radius 3 is 3.06 bits per heavy atom. The highest BCUT2D eigenvalue weighted by molar-refractivity contribution is 6.00. The topological polar surface area (TPSA) is 55.1 Å². The minimum Gasteiger partial charge on any atom is -0.361 e. The number of benzene rings is 1. The van der Waals surface area contributed by atoms with E-state index in [1.165, 1.54) is 0 Å². The first-order chi connectivity index (χ1) is 7.75. The Hall–Kier alpha value is -2.10. The van der Waals surface area contributed by atoms with Crippen molar-refractivity contribution in [2.75, 3.05) is 5.32 Å². The van der Waals surface area contributed by atoms with Gasteiger partial charge in [-0.15, -0.1) is 0 Å². The highest BCUT2D eigenvalue weighted by Crippen LogP contribution is 2.35. The molecule has 0 spiro atoms. The van der Waals surface area contributed by atoms with Crippen LogP contribution in [-0.4, -0.2) is 11.1 Å². The summed E-state index contributed by atoms with van der Waals surface area (Å²) in [5.41, 5.74) is 3.44. The van der Waals surface area contributed by atoms with E-state index in [4.69, 9.17) is 4.52 Å². The van der Waals surface area contributed by atoms with Crippen LogP contribution in [0, 0.1) is 6.92 Å². The monoisotopic (exact) mass is 214 g/mol. The summed E-state index contributed by atoms with van der Waals surface area (Å²) in [6.07, 6.45) is 0.265. The largest absolute Gasteiger partial charge is 0.361 e. The number of aromatic nitrogens is 1. The summed E-state index contributed by atoms with van der Waals surface area (Å²) in [6, 6.07) is 7.68. The van der Waals surface area contributed by atoms with Crippen LogP contribution < -0.4 is 5.32 Å². The number of hydrogen-bond acceptors (Lipinski definition) is 3. The van der Waals surface area contributed by atoms with Crippen LogP contribution in [0.4, 0.5) is 5.69 Å². The Morgan fingerprint density at radius 1 is 1.38 bits per heavy atom. The highest BCUT2D eigenvalue weighted by Gasteiger charge is 2.23. The number of amides is 1. The molecule has 1 N–H and O–H groups in total. The van der Waals surface area contributed by atoms with E-state index in [2.05, 4.69) is 10.5 Å². The third-order valence-corrected chi connectivity index (χ3v) is 2.73. The molecule has 4 heteroatoms. The number of carbonyl (C=O) groups excluding carboxylic acids is 1. The second-order valence-electron chi connectivity index (χ2n) is 3.83. The van der Waals surface area contributed by atoms with Crippen molar-refractivity contribution < 1.29 is 9.32 Å². The molecule has 2 heterocycles. The van der Waals surface area contributed by atoms with Gasteiger partial charge < -0.3 is 9.84 Å². The Balaban J connectivity index is 2.33. The van der Waals surface area contributed by atoms with Gasteiger partial charge in [0.1, 0.15) is 11.5 Å². The average Bonchev–Trinajstić information content (AvgIpc) is 2.55. The Kier molecular flexibility index (Phi) is 1.83. The quantitative estimate of drug-likeness (QED) is 0.731. The Morgan fingerprint density at radius 2 is 2.19 bits per heavy atom. The molecule has 80 valence electrons. The first-order valence-corrected chi connectivity index (χ1v) is 5.10. The molecule has 0 radical (unpaired) electrons. The maximum absolute atomic E-state index is 11.6. The van der Waals surface area contributed by atoms with Gasteiger partial charge in [-0.25, -0.2) is 0 Å². The molecule has 0 saturated carbocycles. The number of nitrogens with one attached hydrogen (secondary N) is 1. The fraction of sp³-hybridized carbons (Fsp3) is 0.167. The summed E-state index contributed by atoms with van der Waals surface area (Å²) in [4.78, 5) is 11.6. The first kappa shape index (κ1) is 9.15. The molecule has 0 aliphatic carbocycles. The van der Waals surface area contributed by atoms with Gasteiger partial charge in [-0.1, -0.05) is 23.4 Å². The van der Waals surface area contributed by atoms with Crippen molar-refractivity contribution in [2.45, 2.75) is 13.3 Å². The molecule has 1 amide bonds. The van der Waals surface area contributed by atoms with Crippen molar-refractivity contribution in [3.63, 3.8) is 0 Å². The molecular weight excluding hydrogens is 204 g/mol. The minimum absolute atomic E-state index is 0.0560. The molecule has 4 nitrogen and oxygen atoms in total. The molecule has 1 aliphatic rings. The molecule has 1 aromatic carbocycles. The first-order valence-electron chi connectivity index (χ1n) is 5.10. The molecule has 2 aromatic rings. The number of aryl methyl sites for hydroxylation is 1. The van der Waals surface area contributed by atoms with Crippen LogP contribution in [0.3, 0.4) is 0 Å². The summed E-state index contributed by atoms with van der Waals surface area (Å²) >= 11 is 0. The Bertz CT molecular complexity index is 572. The van der Waals surface area contributed by atoms with E-state index in [0.29, 0.717) is 5.69 Å². The third kappa shape index (κ3) is 1.23. The lowest BCUT2D eigenvalue weighted by Gasteiger charge is -2.05. The summed E-state index contributed by atoms with van der Waals surface area (Å²) < 4.78 is 5.15. The lowest BCUT2D eigenvalue weighted by atomic mass is 10.0. The molecule has 0 unspecified atom stereocenters. The molecule has 1 aromatic heterocycles. The lowest BCUT2D eigenvalue weighted by molar-refractivity contribution is -0.115. The van der Waals surface area contributed by atoms with Gasteiger partial charge in [0.15, 0.2) is 0 Å². The van der Waals surface area contributed by atoms with Gasteiger partial charge in [0, 0.05) is 11.3 Å². The zero-order valence-electron chi connectivity index (χ0n) is 8.78. The summed E-state index contributed by atoms with van der Waals surface area (Å²) in [6.45, 7) is 1.86. The van der Waals surface area contributed by atoms with Crippen LogP contribution in [0.25, 0.3) is 11.1 Å². The molecule has 0 atom stereocenters. The van der Waals surface area contributed by atoms with Crippen molar-refractivity contribution >= 4 is 11.6 Å². The van der Waals surface area contributed by atoms with Crippen LogP contribution >= 0.6 is 0 Å². The number of carbonyl (C=O) groups is 1. The van der Waals surface area contributed by atoms with E-state index in [0.717, 1.165) is 22.6 Å². The van der Waals surface area contributed by atoms with Crippen molar-refractivity contribution in [3.05, 3.63) is 35.7 Å². The number of hydrogen-bond donors (Lipinski definition) is 1. The van der Waals surface area contributed by atoms with Gasteiger partial charge in [0.05, 0.1) is 12.0 Å². The number of para-hydroxylation sites is 1. The Labute approximate surface area is 92.3 Å². The average molecular weight is 214 g/mol. The zero-order chi connectivity index (χ0) is 11.1. The second-order valence-corrected chi connectivity index (χ2v) is 3.83. The van der Waals surface area contributed by atoms with E-state index in [9.17, 15) is 4.79 Å². The number of rotatable bonds is 0. The van der Waals surface area contributed by atoms with Gasteiger partial charge in [-0.05, 0) is 13.0 Å². The fourth-order valence-electron chi connectivity index (χ4n) is 2.04. The van der Waals surface area contributed by atoms with E-state index < -0.39 is 0 Å². The van der Waals surface area contributed by atoms with Crippen molar-refractivity contribution in [1.82, 2.24) is 5.16 Å². The van der Waals surface area contributed by atoms with Crippen LogP contribution in [-0.2, 0) is 11.2 Å². The molecular formula is C12H10N2O2. The normalized spacial score (nSPS) is 13.7. The fourth-order valence-corrected chi connectivity index (χ4v) is 2.04. The van der Waals surface area contributed by atoms with Gasteiger partial charge >= 0.3 is 0 Å². The van der Waals surface area contributed by atoms with Crippen molar-refractivity contribution in [2.24, 2.45) is 0 Å². The summed E-state index contributed by atoms with van der Waals surface area (Å²) in [5, 5.41) is 6.79. The van der Waals surface area contributed by atoms with E-state index >= 15 is 0 Å². The number of fused-ring (bicyclic) bond motifs is 3. The SMILES string of the molecule is Cc1onc2c1-c1ccccc1NC(=O)C2. The zero-order valence-corrected chi connectivity index (χ0v) is 8.78. The van der Waals surface area contributed by atoms with Crippen LogP contribution in [0.1, 0.15) is 11.5 Å². The maximum Gasteiger partial charge on any atom is 0.230 e. The summed E-state index contributed by atoms with van der Waals surface area (Å²) in [5.74, 6) is 0.693. The van der Waals surface area contributed by atoms with Gasteiger partial charge in [-0.3, -0.25) is 4.79 Å². The smallest absolute Gasteiger partial charge is 0.230 e. The van der Waals surface area contributed by atoms with Gasteiger partial charge in [-0.2, -0.15) is 0 Å². The maximum atomic E-state index is 11.6. The molecule has 0 bridgehead atoms. The highest BCUT2D eigenvalue weighted by atomic mass is 16.5. The van der Waals surface area contributed by atoms with Gasteiger partial charge in [0.25, 0.3) is 0 Å². The van der Waals surface area contributed by atoms with Crippen LogP contribution in [0.2, 0.25) is 0 Å². The van der Waals surface area contributed by atoms with E-state index in [1.807, 2.05) is 31.2 Å². The second kappa shape index (κ2) is 3.20. The van der Waals surface area contributed by atoms with E-state index in [1.54, 1.807) is 0 Å². The van der Waals surface area contributed by atoms with Crippen LogP contribution in [0.5, 0.6) is 0 Å². The standard InChI is InChI=1S/C12H10N2O2/c1-7-12-8-4-2-3-5-9(8)13-11(15)6-10(12)14-16-7/h2-5H,6H2,1H3,(H,13,15). The van der Waals surface area contributed by atoms with Crippen LogP contribution in [0.15, 0.2) is 28.8 Å². The van der Waals surface area contributed by atoms with Crippen molar-refractivity contribution in [3.8, 4) is 11.1 Å². The molecule has 1 aliphatic heterocycles. The number of nitrogens with zero attached hydrogens (tertiary/aromatic N) is 1. The molecule has 0 saturated heterocycles. The van der Waals surface area contributed by atoms with Crippen molar-refractivity contribution in [1.29, 1.82) is 0 Å². The molecule has 16 heavy (non-hydrogen) atoms. The third-order valence-electron chi connectivity index (χ3n) is 2.73. The molecule has 3 rings (SSSR count). The predicted octanol–water partition coefficient (Wildman–Crippen LogP) is 2.14. The molecule has 0 fully saturated rings. The summed E-state index contributed by atoms with van der Waals surface area (Å²) in [7, 11) is 0. The predicted molar refractivity (Wildman–Crippen MR) is 59.0 cm³/mol. The van der Waals surface area contributed by atoms with E-state index in [-0.39, 0.29) is 12.3 Å². The van der Waals surface area contributed by atoms with Gasteiger partial charge in [0.2, 0.25) is 5.91 Å². The minimum atomic E-state index is -0.0560. The number of anilines is 1.